The van der Waals surface area contributed by atoms with Crippen molar-refractivity contribution in [2.24, 2.45) is 0 Å². The van der Waals surface area contributed by atoms with Gasteiger partial charge in [0, 0.05) is 23.1 Å². The van der Waals surface area contributed by atoms with Crippen LogP contribution in [-0.2, 0) is 0 Å². The van der Waals surface area contributed by atoms with Crippen molar-refractivity contribution in [1.82, 2.24) is 25.0 Å². The van der Waals surface area contributed by atoms with Crippen molar-refractivity contribution in [2.75, 3.05) is 32.8 Å². The van der Waals surface area contributed by atoms with Crippen LogP contribution in [-0.4, -0.2) is 46.3 Å². The van der Waals surface area contributed by atoms with Crippen molar-refractivity contribution in [3.63, 3.8) is 0 Å². The normalized spacial score (nSPS) is 10.9. The predicted octanol–water partition coefficient (Wildman–Crippen LogP) is 2.07. The van der Waals surface area contributed by atoms with Crippen LogP contribution in [0.25, 0.3) is 27.8 Å². The molecule has 0 amide bonds. The minimum Gasteiger partial charge on any atom is -0.493 e. The molecule has 10 nitrogen and oxygen atoms in total. The van der Waals surface area contributed by atoms with Crippen molar-refractivity contribution < 1.29 is 14.2 Å². The summed E-state index contributed by atoms with van der Waals surface area (Å²) in [4.78, 5) is 8.19. The summed E-state index contributed by atoms with van der Waals surface area (Å²) in [6.07, 6.45) is 1.79. The van der Waals surface area contributed by atoms with Gasteiger partial charge < -0.3 is 25.7 Å². The first-order valence-corrected chi connectivity index (χ1v) is 8.60. The van der Waals surface area contributed by atoms with E-state index in [1.807, 2.05) is 18.2 Å². The zero-order chi connectivity index (χ0) is 20.5. The highest BCUT2D eigenvalue weighted by Gasteiger charge is 2.16. The lowest BCUT2D eigenvalue weighted by Gasteiger charge is -2.13. The van der Waals surface area contributed by atoms with E-state index < -0.39 is 0 Å². The SMILES string of the molecule is COc1cc(-n2cc(-c3ccc4nc(N)nc(N)c4c3)nn2)cc(OC)c1OC. The van der Waals surface area contributed by atoms with E-state index in [1.54, 1.807) is 44.3 Å². The molecule has 0 aliphatic carbocycles. The molecule has 0 saturated carbocycles. The number of aromatic nitrogens is 5. The van der Waals surface area contributed by atoms with E-state index in [4.69, 9.17) is 25.7 Å². The highest BCUT2D eigenvalue weighted by atomic mass is 16.5. The van der Waals surface area contributed by atoms with Crippen molar-refractivity contribution in [2.45, 2.75) is 0 Å². The van der Waals surface area contributed by atoms with E-state index in [0.717, 1.165) is 5.56 Å². The molecule has 2 aromatic carbocycles. The summed E-state index contributed by atoms with van der Waals surface area (Å²) in [7, 11) is 4.67. The summed E-state index contributed by atoms with van der Waals surface area (Å²) in [6.45, 7) is 0. The maximum absolute atomic E-state index is 5.98. The van der Waals surface area contributed by atoms with Crippen LogP contribution >= 0.6 is 0 Å². The molecule has 4 rings (SSSR count). The smallest absolute Gasteiger partial charge is 0.222 e. The highest BCUT2D eigenvalue weighted by molar-refractivity contribution is 5.92. The van der Waals surface area contributed by atoms with Gasteiger partial charge in [-0.2, -0.15) is 4.98 Å². The minimum atomic E-state index is 0.135. The molecule has 0 bridgehead atoms. The molecule has 4 N–H and O–H groups in total. The third-order valence-corrected chi connectivity index (χ3v) is 4.45. The largest absolute Gasteiger partial charge is 0.493 e. The molecule has 0 unspecified atom stereocenters. The summed E-state index contributed by atoms with van der Waals surface area (Å²) in [5.41, 5.74) is 14.5. The van der Waals surface area contributed by atoms with Crippen molar-refractivity contribution in [1.29, 1.82) is 0 Å². The number of hydrogen-bond donors (Lipinski definition) is 2. The molecule has 0 radical (unpaired) electrons. The highest BCUT2D eigenvalue weighted by Crippen LogP contribution is 2.39. The molecule has 2 heterocycles. The Morgan fingerprint density at radius 2 is 1.62 bits per heavy atom. The standard InChI is InChI=1S/C19H19N7O3/c1-27-15-7-11(8-16(28-2)17(15)29-3)26-9-14(24-25-26)10-4-5-13-12(6-10)18(20)23-19(21)22-13/h4-9H,1-3H3,(H4,20,21,22,23). The Kier molecular flexibility index (Phi) is 4.51. The second-order valence-electron chi connectivity index (χ2n) is 6.13. The molecule has 148 valence electrons. The maximum atomic E-state index is 5.98. The number of benzene rings is 2. The van der Waals surface area contributed by atoms with Gasteiger partial charge in [-0.1, -0.05) is 11.3 Å². The number of hydrogen-bond acceptors (Lipinski definition) is 9. The van der Waals surface area contributed by atoms with Gasteiger partial charge >= 0.3 is 0 Å². The average molecular weight is 393 g/mol. The number of nitrogens with zero attached hydrogens (tertiary/aromatic N) is 5. The number of rotatable bonds is 5. The second kappa shape index (κ2) is 7.15. The van der Waals surface area contributed by atoms with E-state index in [1.165, 1.54) is 0 Å². The van der Waals surface area contributed by atoms with Crippen LogP contribution in [0.3, 0.4) is 0 Å². The first-order chi connectivity index (χ1) is 14.0. The molecule has 0 fully saturated rings. The summed E-state index contributed by atoms with van der Waals surface area (Å²) < 4.78 is 17.8. The predicted molar refractivity (Wildman–Crippen MR) is 108 cm³/mol. The fourth-order valence-electron chi connectivity index (χ4n) is 3.05. The molecule has 2 aromatic heterocycles. The first-order valence-electron chi connectivity index (χ1n) is 8.60. The number of nitrogen functional groups attached to an aromatic ring is 2. The van der Waals surface area contributed by atoms with E-state index in [-0.39, 0.29) is 5.95 Å². The lowest BCUT2D eigenvalue weighted by Crippen LogP contribution is -2.00. The number of ether oxygens (including phenoxy) is 3. The van der Waals surface area contributed by atoms with Gasteiger partial charge in [-0.3, -0.25) is 0 Å². The van der Waals surface area contributed by atoms with Crippen molar-refractivity contribution in [3.8, 4) is 34.2 Å². The topological polar surface area (TPSA) is 136 Å². The quantitative estimate of drug-likeness (QED) is 0.522. The fourth-order valence-corrected chi connectivity index (χ4v) is 3.05. The van der Waals surface area contributed by atoms with E-state index in [0.29, 0.717) is 45.4 Å². The number of nitrogens with two attached hydrogens (primary N) is 2. The van der Waals surface area contributed by atoms with Gasteiger partial charge in [-0.25, -0.2) is 9.67 Å². The summed E-state index contributed by atoms with van der Waals surface area (Å²) >= 11 is 0. The van der Waals surface area contributed by atoms with E-state index in [9.17, 15) is 0 Å². The third-order valence-electron chi connectivity index (χ3n) is 4.45. The van der Waals surface area contributed by atoms with Gasteiger partial charge in [0.2, 0.25) is 11.7 Å². The van der Waals surface area contributed by atoms with Crippen LogP contribution in [0.1, 0.15) is 0 Å². The lowest BCUT2D eigenvalue weighted by atomic mass is 10.1. The van der Waals surface area contributed by atoms with Gasteiger partial charge in [0.15, 0.2) is 11.5 Å². The summed E-state index contributed by atoms with van der Waals surface area (Å²) in [6, 6.07) is 9.12. The second-order valence-corrected chi connectivity index (χ2v) is 6.13. The van der Waals surface area contributed by atoms with E-state index in [2.05, 4.69) is 20.3 Å². The molecular formula is C19H19N7O3. The molecule has 0 aliphatic rings. The average Bonchev–Trinajstić information content (AvgIpc) is 3.22. The monoisotopic (exact) mass is 393 g/mol. The Morgan fingerprint density at radius 1 is 0.897 bits per heavy atom. The summed E-state index contributed by atoms with van der Waals surface area (Å²) in [5, 5.41) is 9.18. The first kappa shape index (κ1) is 18.3. The molecule has 0 aliphatic heterocycles. The van der Waals surface area contributed by atoms with Crippen molar-refractivity contribution >= 4 is 22.7 Å². The zero-order valence-corrected chi connectivity index (χ0v) is 16.1. The molecule has 29 heavy (non-hydrogen) atoms. The van der Waals surface area contributed by atoms with Gasteiger partial charge in [0.05, 0.1) is 38.7 Å². The molecule has 4 aromatic rings. The number of fused-ring (bicyclic) bond motifs is 1. The van der Waals surface area contributed by atoms with Crippen LogP contribution in [0.2, 0.25) is 0 Å². The van der Waals surface area contributed by atoms with Gasteiger partial charge in [0.1, 0.15) is 11.5 Å². The van der Waals surface area contributed by atoms with Gasteiger partial charge in [-0.05, 0) is 12.1 Å². The zero-order valence-electron chi connectivity index (χ0n) is 16.1. The Bertz CT molecular complexity index is 1180. The fraction of sp³-hybridized carbons (Fsp3) is 0.158. The van der Waals surface area contributed by atoms with Gasteiger partial charge in [-0.15, -0.1) is 5.10 Å². The maximum Gasteiger partial charge on any atom is 0.222 e. The lowest BCUT2D eigenvalue weighted by molar-refractivity contribution is 0.324. The molecule has 10 heteroatoms. The Labute approximate surface area is 166 Å². The summed E-state index contributed by atoms with van der Waals surface area (Å²) in [5.74, 6) is 1.99. The van der Waals surface area contributed by atoms with Crippen LogP contribution in [0.4, 0.5) is 11.8 Å². The number of anilines is 2. The van der Waals surface area contributed by atoms with Crippen molar-refractivity contribution in [3.05, 3.63) is 36.5 Å². The van der Waals surface area contributed by atoms with Crippen LogP contribution in [0.15, 0.2) is 36.5 Å². The Hall–Kier alpha value is -4.08. The third kappa shape index (κ3) is 3.20. The molecule has 0 spiro atoms. The minimum absolute atomic E-state index is 0.135. The Morgan fingerprint density at radius 3 is 2.28 bits per heavy atom. The van der Waals surface area contributed by atoms with Crippen LogP contribution in [0.5, 0.6) is 17.2 Å². The van der Waals surface area contributed by atoms with Gasteiger partial charge in [0.25, 0.3) is 0 Å². The van der Waals surface area contributed by atoms with E-state index >= 15 is 0 Å². The van der Waals surface area contributed by atoms with Crippen LogP contribution in [0, 0.1) is 0 Å². The number of methoxy groups -OCH3 is 3. The molecule has 0 saturated heterocycles. The molecule has 0 atom stereocenters. The molecular weight excluding hydrogens is 374 g/mol. The van der Waals surface area contributed by atoms with Crippen LogP contribution < -0.4 is 25.7 Å². The Balaban J connectivity index is 1.77.